The molecule has 1 fully saturated rings. The fraction of sp³-hybridized carbons (Fsp3) is 1.00. The van der Waals surface area contributed by atoms with Crippen LogP contribution in [-0.2, 0) is 0 Å². The zero-order valence-corrected chi connectivity index (χ0v) is 15.4. The van der Waals surface area contributed by atoms with Crippen LogP contribution in [0.25, 0.3) is 0 Å². The summed E-state index contributed by atoms with van der Waals surface area (Å²) in [6.07, 6.45) is 22.2. The van der Waals surface area contributed by atoms with Gasteiger partial charge in [-0.3, -0.25) is 0 Å². The largest absolute Gasteiger partial charge is 0.0928 e. The maximum atomic E-state index is 3.50. The molecule has 0 amide bonds. The minimum Gasteiger partial charge on any atom is -0.0928 e. The van der Waals surface area contributed by atoms with Gasteiger partial charge in [-0.1, -0.05) is 106 Å². The van der Waals surface area contributed by atoms with Crippen LogP contribution in [0.5, 0.6) is 0 Å². The highest BCUT2D eigenvalue weighted by atomic mass is 79.9. The van der Waals surface area contributed by atoms with Gasteiger partial charge in [0.2, 0.25) is 0 Å². The van der Waals surface area contributed by atoms with Crippen LogP contribution < -0.4 is 0 Å². The molecule has 20 heavy (non-hydrogen) atoms. The van der Waals surface area contributed by atoms with E-state index >= 15 is 0 Å². The van der Waals surface area contributed by atoms with Crippen molar-refractivity contribution in [2.45, 2.75) is 103 Å². The van der Waals surface area contributed by atoms with Crippen molar-refractivity contribution in [3.8, 4) is 0 Å². The van der Waals surface area contributed by atoms with E-state index < -0.39 is 0 Å². The van der Waals surface area contributed by atoms with Gasteiger partial charge in [0, 0.05) is 5.33 Å². The average Bonchev–Trinajstić information content (AvgIpc) is 3.20. The second-order valence-corrected chi connectivity index (χ2v) is 7.70. The van der Waals surface area contributed by atoms with E-state index in [1.54, 1.807) is 19.3 Å². The van der Waals surface area contributed by atoms with Crippen LogP contribution >= 0.6 is 15.9 Å². The average molecular weight is 345 g/mol. The minimum atomic E-state index is 1.13. The van der Waals surface area contributed by atoms with Gasteiger partial charge in [0.05, 0.1) is 0 Å². The smallest absolute Gasteiger partial charge is 0.00313 e. The molecule has 0 saturated heterocycles. The third-order valence-corrected chi connectivity index (χ3v) is 5.52. The first-order valence-corrected chi connectivity index (χ1v) is 10.6. The van der Waals surface area contributed by atoms with Crippen molar-refractivity contribution in [1.29, 1.82) is 0 Å². The van der Waals surface area contributed by atoms with E-state index in [4.69, 9.17) is 0 Å². The normalized spacial score (nSPS) is 21.3. The van der Waals surface area contributed by atoms with Gasteiger partial charge in [-0.05, 0) is 24.7 Å². The molecule has 0 aromatic carbocycles. The van der Waals surface area contributed by atoms with E-state index in [-0.39, 0.29) is 0 Å². The van der Waals surface area contributed by atoms with Gasteiger partial charge < -0.3 is 0 Å². The van der Waals surface area contributed by atoms with Crippen LogP contribution in [0.2, 0.25) is 0 Å². The molecule has 1 aliphatic rings. The number of alkyl halides is 1. The van der Waals surface area contributed by atoms with Gasteiger partial charge in [0.25, 0.3) is 0 Å². The molecule has 2 atom stereocenters. The zero-order valence-electron chi connectivity index (χ0n) is 13.8. The highest BCUT2D eigenvalue weighted by molar-refractivity contribution is 9.09. The van der Waals surface area contributed by atoms with E-state index in [0.717, 1.165) is 11.8 Å². The third-order valence-electron chi connectivity index (χ3n) is 4.96. The molecule has 0 radical (unpaired) electrons. The van der Waals surface area contributed by atoms with Crippen molar-refractivity contribution in [3.05, 3.63) is 0 Å². The summed E-state index contributed by atoms with van der Waals surface area (Å²) in [4.78, 5) is 0. The van der Waals surface area contributed by atoms with Crippen molar-refractivity contribution in [3.63, 3.8) is 0 Å². The first-order valence-electron chi connectivity index (χ1n) is 9.44. The summed E-state index contributed by atoms with van der Waals surface area (Å²) in [5.74, 6) is 2.27. The Morgan fingerprint density at radius 2 is 1.10 bits per heavy atom. The van der Waals surface area contributed by atoms with Crippen molar-refractivity contribution in [1.82, 2.24) is 0 Å². The number of halogens is 1. The van der Waals surface area contributed by atoms with Crippen LogP contribution in [0.4, 0.5) is 0 Å². The molecule has 0 N–H and O–H groups in total. The number of hydrogen-bond acceptors (Lipinski definition) is 0. The van der Waals surface area contributed by atoms with Crippen molar-refractivity contribution < 1.29 is 0 Å². The highest BCUT2D eigenvalue weighted by Gasteiger charge is 2.34. The Morgan fingerprint density at radius 1 is 0.650 bits per heavy atom. The predicted molar refractivity (Wildman–Crippen MR) is 95.7 cm³/mol. The van der Waals surface area contributed by atoms with E-state index in [1.807, 2.05) is 0 Å². The van der Waals surface area contributed by atoms with Gasteiger partial charge in [0.1, 0.15) is 0 Å². The molecule has 0 nitrogen and oxygen atoms in total. The van der Waals surface area contributed by atoms with E-state index in [1.165, 1.54) is 82.4 Å². The van der Waals surface area contributed by atoms with Gasteiger partial charge in [-0.25, -0.2) is 0 Å². The molecule has 0 bridgehead atoms. The second kappa shape index (κ2) is 13.2. The summed E-state index contributed by atoms with van der Waals surface area (Å²) in [6, 6.07) is 0. The molecule has 0 spiro atoms. The summed E-state index contributed by atoms with van der Waals surface area (Å²) in [5, 5.41) is 1.19. The summed E-state index contributed by atoms with van der Waals surface area (Å²) in [7, 11) is 0. The Morgan fingerprint density at radius 3 is 1.60 bits per heavy atom. The molecule has 0 aliphatic heterocycles. The van der Waals surface area contributed by atoms with Gasteiger partial charge in [-0.15, -0.1) is 0 Å². The van der Waals surface area contributed by atoms with E-state index in [0.29, 0.717) is 0 Å². The summed E-state index contributed by atoms with van der Waals surface area (Å²) >= 11 is 3.50. The molecule has 0 aromatic rings. The minimum absolute atomic E-state index is 1.13. The molecule has 1 aliphatic carbocycles. The lowest BCUT2D eigenvalue weighted by Crippen LogP contribution is -1.87. The molecule has 0 aromatic heterocycles. The number of unbranched alkanes of at least 4 members (excludes halogenated alkanes) is 10. The summed E-state index contributed by atoms with van der Waals surface area (Å²) in [5.41, 5.74) is 0. The highest BCUT2D eigenvalue weighted by Crippen LogP contribution is 2.45. The van der Waals surface area contributed by atoms with Crippen LogP contribution in [-0.4, -0.2) is 5.33 Å². The lowest BCUT2D eigenvalue weighted by atomic mass is 10.0. The van der Waals surface area contributed by atoms with Crippen molar-refractivity contribution in [2.75, 3.05) is 5.33 Å². The number of rotatable bonds is 15. The Labute approximate surface area is 136 Å². The molecular weight excluding hydrogens is 308 g/mol. The Hall–Kier alpha value is 0.480. The van der Waals surface area contributed by atoms with Gasteiger partial charge in [0.15, 0.2) is 0 Å². The molecule has 120 valence electrons. The first-order chi connectivity index (χ1) is 9.88. The Bertz CT molecular complexity index is 202. The molecule has 0 heterocycles. The van der Waals surface area contributed by atoms with Crippen molar-refractivity contribution in [2.24, 2.45) is 11.8 Å². The van der Waals surface area contributed by atoms with Gasteiger partial charge in [-0.2, -0.15) is 0 Å². The quantitative estimate of drug-likeness (QED) is 0.213. The fourth-order valence-electron chi connectivity index (χ4n) is 3.41. The molecule has 2 unspecified atom stereocenters. The number of hydrogen-bond donors (Lipinski definition) is 0. The van der Waals surface area contributed by atoms with Crippen LogP contribution in [0.3, 0.4) is 0 Å². The topological polar surface area (TPSA) is 0 Å². The standard InChI is InChI=1S/C19H37Br/c1-2-3-4-5-8-11-14-18-17-19(18)15-12-9-6-7-10-13-16-20/h18-19H,2-17H2,1H3. The zero-order chi connectivity index (χ0) is 14.5. The Kier molecular flexibility index (Phi) is 12.2. The van der Waals surface area contributed by atoms with Crippen LogP contribution in [0.15, 0.2) is 0 Å². The van der Waals surface area contributed by atoms with Crippen molar-refractivity contribution >= 4 is 15.9 Å². The second-order valence-electron chi connectivity index (χ2n) is 6.91. The maximum Gasteiger partial charge on any atom is 0.00313 e. The molecular formula is C19H37Br. The Balaban J connectivity index is 1.75. The fourth-order valence-corrected chi connectivity index (χ4v) is 3.81. The lowest BCUT2D eigenvalue weighted by molar-refractivity contribution is 0.515. The van der Waals surface area contributed by atoms with Crippen LogP contribution in [0, 0.1) is 11.8 Å². The monoisotopic (exact) mass is 344 g/mol. The third kappa shape index (κ3) is 10.2. The lowest BCUT2D eigenvalue weighted by Gasteiger charge is -2.02. The van der Waals surface area contributed by atoms with Gasteiger partial charge >= 0.3 is 0 Å². The van der Waals surface area contributed by atoms with E-state index in [2.05, 4.69) is 22.9 Å². The maximum absolute atomic E-state index is 3.50. The molecule has 1 rings (SSSR count). The SMILES string of the molecule is CCCCCCCCC1CC1CCCCCCCCBr. The summed E-state index contributed by atoms with van der Waals surface area (Å²) in [6.45, 7) is 2.30. The molecule has 1 saturated carbocycles. The first kappa shape index (κ1) is 18.5. The van der Waals surface area contributed by atoms with Crippen LogP contribution in [0.1, 0.15) is 103 Å². The van der Waals surface area contributed by atoms with E-state index in [9.17, 15) is 0 Å². The predicted octanol–water partition coefficient (Wildman–Crippen LogP) is 7.50. The summed E-state index contributed by atoms with van der Waals surface area (Å²) < 4.78 is 0. The molecule has 1 heteroatoms.